The van der Waals surface area contributed by atoms with Crippen molar-refractivity contribution < 1.29 is 4.74 Å². The fraction of sp³-hybridized carbons (Fsp3) is 0.500. The zero-order valence-electron chi connectivity index (χ0n) is 11.1. The quantitative estimate of drug-likeness (QED) is 0.659. The Morgan fingerprint density at radius 3 is 2.35 bits per heavy atom. The van der Waals surface area contributed by atoms with E-state index in [1.165, 1.54) is 5.56 Å². The van der Waals surface area contributed by atoms with Crippen molar-refractivity contribution in [3.63, 3.8) is 0 Å². The van der Waals surface area contributed by atoms with Crippen LogP contribution in [-0.4, -0.2) is 6.10 Å². The molecule has 0 amide bonds. The fourth-order valence-electron chi connectivity index (χ4n) is 1.97. The van der Waals surface area contributed by atoms with Gasteiger partial charge in [0.05, 0.1) is 6.10 Å². The van der Waals surface area contributed by atoms with Crippen molar-refractivity contribution >= 4 is 0 Å². The maximum Gasteiger partial charge on any atom is 0.119 e. The molecule has 92 valence electrons. The topological polar surface area (TPSA) is 9.23 Å². The summed E-state index contributed by atoms with van der Waals surface area (Å²) in [6, 6.07) is 8.34. The van der Waals surface area contributed by atoms with Crippen LogP contribution in [0.5, 0.6) is 5.75 Å². The van der Waals surface area contributed by atoms with E-state index in [0.717, 1.165) is 25.0 Å². The smallest absolute Gasteiger partial charge is 0.119 e. The molecule has 1 aromatic carbocycles. The van der Waals surface area contributed by atoms with Crippen LogP contribution in [0.15, 0.2) is 24.3 Å². The molecule has 1 aromatic rings. The Bertz CT molecular complexity index is 356. The van der Waals surface area contributed by atoms with Gasteiger partial charge >= 0.3 is 0 Å². The highest BCUT2D eigenvalue weighted by molar-refractivity contribution is 5.30. The highest BCUT2D eigenvalue weighted by Crippen LogP contribution is 2.26. The summed E-state index contributed by atoms with van der Waals surface area (Å²) in [5.74, 6) is 4.18. The summed E-state index contributed by atoms with van der Waals surface area (Å²) in [6.45, 7) is 6.26. The molecule has 0 saturated carbocycles. The Labute approximate surface area is 105 Å². The molecule has 1 rings (SSSR count). The maximum absolute atomic E-state index is 5.63. The van der Waals surface area contributed by atoms with E-state index < -0.39 is 0 Å². The molecule has 0 aliphatic rings. The standard InChI is InChI=1S/C16H22O/c1-5-7-14(8-6-2)15-9-11-16(12-10-15)17-13(3)4/h1,9-14H,6-8H2,2-4H3. The number of rotatable bonds is 6. The number of terminal acetylenes is 1. The lowest BCUT2D eigenvalue weighted by Crippen LogP contribution is -2.05. The van der Waals surface area contributed by atoms with Gasteiger partial charge in [-0.2, -0.15) is 0 Å². The summed E-state index contributed by atoms with van der Waals surface area (Å²) >= 11 is 0. The van der Waals surface area contributed by atoms with Gasteiger partial charge in [-0.25, -0.2) is 0 Å². The zero-order chi connectivity index (χ0) is 12.7. The van der Waals surface area contributed by atoms with Crippen LogP contribution in [0.1, 0.15) is 51.5 Å². The van der Waals surface area contributed by atoms with E-state index in [0.29, 0.717) is 5.92 Å². The minimum absolute atomic E-state index is 0.220. The molecule has 0 saturated heterocycles. The van der Waals surface area contributed by atoms with Crippen molar-refractivity contribution in [2.75, 3.05) is 0 Å². The Hall–Kier alpha value is -1.42. The Balaban J connectivity index is 2.73. The first kappa shape index (κ1) is 13.6. The molecule has 1 unspecified atom stereocenters. The minimum atomic E-state index is 0.220. The summed E-state index contributed by atoms with van der Waals surface area (Å²) < 4.78 is 5.63. The summed E-state index contributed by atoms with van der Waals surface area (Å²) in [6.07, 6.45) is 8.77. The minimum Gasteiger partial charge on any atom is -0.491 e. The van der Waals surface area contributed by atoms with Gasteiger partial charge in [0.15, 0.2) is 0 Å². The van der Waals surface area contributed by atoms with E-state index in [9.17, 15) is 0 Å². The lowest BCUT2D eigenvalue weighted by Gasteiger charge is -2.15. The maximum atomic E-state index is 5.63. The van der Waals surface area contributed by atoms with Crippen LogP contribution >= 0.6 is 0 Å². The van der Waals surface area contributed by atoms with Gasteiger partial charge in [0.25, 0.3) is 0 Å². The number of hydrogen-bond acceptors (Lipinski definition) is 1. The molecule has 0 heterocycles. The third-order valence-corrected chi connectivity index (χ3v) is 2.72. The van der Waals surface area contributed by atoms with Crippen LogP contribution in [0.25, 0.3) is 0 Å². The number of hydrogen-bond donors (Lipinski definition) is 0. The van der Waals surface area contributed by atoms with Crippen molar-refractivity contribution in [2.45, 2.75) is 52.1 Å². The van der Waals surface area contributed by atoms with Crippen LogP contribution in [0.4, 0.5) is 0 Å². The van der Waals surface area contributed by atoms with Crippen LogP contribution < -0.4 is 4.74 Å². The fourth-order valence-corrected chi connectivity index (χ4v) is 1.97. The van der Waals surface area contributed by atoms with Crippen molar-refractivity contribution in [1.29, 1.82) is 0 Å². The predicted molar refractivity (Wildman–Crippen MR) is 73.3 cm³/mol. The molecule has 0 aromatic heterocycles. The van der Waals surface area contributed by atoms with Gasteiger partial charge in [-0.3, -0.25) is 0 Å². The number of ether oxygens (including phenoxy) is 1. The SMILES string of the molecule is C#CCC(CCC)c1ccc(OC(C)C)cc1. The zero-order valence-corrected chi connectivity index (χ0v) is 11.1. The summed E-state index contributed by atoms with van der Waals surface area (Å²) in [7, 11) is 0. The molecule has 1 heteroatoms. The van der Waals surface area contributed by atoms with Gasteiger partial charge < -0.3 is 4.74 Å². The van der Waals surface area contributed by atoms with E-state index >= 15 is 0 Å². The first-order valence-electron chi connectivity index (χ1n) is 6.37. The van der Waals surface area contributed by atoms with Crippen LogP contribution in [0, 0.1) is 12.3 Å². The average molecular weight is 230 g/mol. The second-order valence-electron chi connectivity index (χ2n) is 4.63. The Morgan fingerprint density at radius 2 is 1.88 bits per heavy atom. The normalized spacial score (nSPS) is 12.2. The Kier molecular flexibility index (Phi) is 5.63. The van der Waals surface area contributed by atoms with Crippen molar-refractivity contribution in [1.82, 2.24) is 0 Å². The highest BCUT2D eigenvalue weighted by Gasteiger charge is 2.09. The van der Waals surface area contributed by atoms with Gasteiger partial charge in [-0.1, -0.05) is 25.5 Å². The molecule has 0 bridgehead atoms. The highest BCUT2D eigenvalue weighted by atomic mass is 16.5. The molecule has 0 aliphatic heterocycles. The van der Waals surface area contributed by atoms with Crippen LogP contribution in [-0.2, 0) is 0 Å². The predicted octanol–water partition coefficient (Wildman–Crippen LogP) is 4.38. The van der Waals surface area contributed by atoms with E-state index in [2.05, 4.69) is 25.0 Å². The molecule has 0 spiro atoms. The number of benzene rings is 1. The van der Waals surface area contributed by atoms with Gasteiger partial charge in [-0.05, 0) is 43.9 Å². The van der Waals surface area contributed by atoms with Crippen molar-refractivity contribution in [3.05, 3.63) is 29.8 Å². The van der Waals surface area contributed by atoms with Crippen LogP contribution in [0.2, 0.25) is 0 Å². The lowest BCUT2D eigenvalue weighted by atomic mass is 9.92. The van der Waals surface area contributed by atoms with E-state index in [1.807, 2.05) is 26.0 Å². The first-order valence-corrected chi connectivity index (χ1v) is 6.37. The lowest BCUT2D eigenvalue weighted by molar-refractivity contribution is 0.242. The molecule has 1 atom stereocenters. The molecular weight excluding hydrogens is 208 g/mol. The molecule has 0 radical (unpaired) electrons. The van der Waals surface area contributed by atoms with Gasteiger partial charge in [-0.15, -0.1) is 12.3 Å². The monoisotopic (exact) mass is 230 g/mol. The second kappa shape index (κ2) is 7.01. The molecule has 0 aliphatic carbocycles. The molecule has 17 heavy (non-hydrogen) atoms. The molecule has 1 nitrogen and oxygen atoms in total. The van der Waals surface area contributed by atoms with Crippen molar-refractivity contribution in [3.8, 4) is 18.1 Å². The van der Waals surface area contributed by atoms with E-state index in [1.54, 1.807) is 0 Å². The third-order valence-electron chi connectivity index (χ3n) is 2.72. The second-order valence-corrected chi connectivity index (χ2v) is 4.63. The largest absolute Gasteiger partial charge is 0.491 e. The summed E-state index contributed by atoms with van der Waals surface area (Å²) in [5, 5.41) is 0. The summed E-state index contributed by atoms with van der Waals surface area (Å²) in [5.41, 5.74) is 1.32. The molecule has 0 fully saturated rings. The molecule has 0 N–H and O–H groups in total. The van der Waals surface area contributed by atoms with Crippen LogP contribution in [0.3, 0.4) is 0 Å². The Morgan fingerprint density at radius 1 is 1.24 bits per heavy atom. The van der Waals surface area contributed by atoms with Gasteiger partial charge in [0.1, 0.15) is 5.75 Å². The van der Waals surface area contributed by atoms with Crippen molar-refractivity contribution in [2.24, 2.45) is 0 Å². The molecular formula is C16H22O. The summed E-state index contributed by atoms with van der Waals surface area (Å²) in [4.78, 5) is 0. The third kappa shape index (κ3) is 4.53. The van der Waals surface area contributed by atoms with Gasteiger partial charge in [0, 0.05) is 6.42 Å². The van der Waals surface area contributed by atoms with E-state index in [4.69, 9.17) is 11.2 Å². The van der Waals surface area contributed by atoms with Gasteiger partial charge in [0.2, 0.25) is 0 Å². The van der Waals surface area contributed by atoms with E-state index in [-0.39, 0.29) is 6.10 Å². The average Bonchev–Trinajstić information content (AvgIpc) is 2.29. The first-order chi connectivity index (χ1) is 8.17.